The molecule has 1 aromatic rings. The number of carboxylic acid groups (broad SMARTS) is 1. The summed E-state index contributed by atoms with van der Waals surface area (Å²) in [5.41, 5.74) is 1.11. The van der Waals surface area contributed by atoms with Crippen molar-refractivity contribution in [2.45, 2.75) is 31.7 Å². The molecule has 7 heteroatoms. The van der Waals surface area contributed by atoms with Crippen molar-refractivity contribution >= 4 is 23.6 Å². The first-order valence-corrected chi connectivity index (χ1v) is 7.62. The van der Waals surface area contributed by atoms with Gasteiger partial charge in [-0.25, -0.2) is 4.79 Å². The molecule has 0 aliphatic heterocycles. The van der Waals surface area contributed by atoms with Crippen LogP contribution in [0.2, 0.25) is 0 Å². The Morgan fingerprint density at radius 3 is 2.17 bits per heavy atom. The largest absolute Gasteiger partial charge is 0.481 e. The zero-order valence-electron chi connectivity index (χ0n) is 13.0. The normalized spacial score (nSPS) is 20.4. The van der Waals surface area contributed by atoms with Crippen molar-refractivity contribution < 1.29 is 19.5 Å². The fourth-order valence-electron chi connectivity index (χ4n) is 2.69. The number of hydrogen-bond donors (Lipinski definition) is 4. The minimum Gasteiger partial charge on any atom is -0.481 e. The van der Waals surface area contributed by atoms with Gasteiger partial charge < -0.3 is 21.1 Å². The molecule has 1 fully saturated rings. The van der Waals surface area contributed by atoms with E-state index in [2.05, 4.69) is 16.0 Å². The molecule has 3 amide bonds. The SMILES string of the molecule is CNC(=O)c1ccc(NC(=O)NC2CCC(C(=O)O)CC2)cc1. The second-order valence-corrected chi connectivity index (χ2v) is 5.64. The maximum atomic E-state index is 12.0. The third-order valence-electron chi connectivity index (χ3n) is 4.04. The zero-order chi connectivity index (χ0) is 16.8. The van der Waals surface area contributed by atoms with E-state index in [1.165, 1.54) is 0 Å². The highest BCUT2D eigenvalue weighted by Gasteiger charge is 2.26. The highest BCUT2D eigenvalue weighted by Crippen LogP contribution is 2.24. The molecule has 1 aliphatic rings. The van der Waals surface area contributed by atoms with Crippen molar-refractivity contribution in [2.75, 3.05) is 12.4 Å². The van der Waals surface area contributed by atoms with Gasteiger partial charge in [0.25, 0.3) is 5.91 Å². The van der Waals surface area contributed by atoms with Crippen LogP contribution in [0.25, 0.3) is 0 Å². The van der Waals surface area contributed by atoms with Crippen molar-refractivity contribution in [2.24, 2.45) is 5.92 Å². The fraction of sp³-hybridized carbons (Fsp3) is 0.438. The van der Waals surface area contributed by atoms with E-state index in [0.717, 1.165) is 0 Å². The van der Waals surface area contributed by atoms with Crippen LogP contribution in [0, 0.1) is 5.92 Å². The molecule has 0 radical (unpaired) electrons. The van der Waals surface area contributed by atoms with E-state index in [1.54, 1.807) is 31.3 Å². The molecule has 7 nitrogen and oxygen atoms in total. The predicted octanol–water partition coefficient (Wildman–Crippen LogP) is 1.81. The zero-order valence-corrected chi connectivity index (χ0v) is 13.0. The Morgan fingerprint density at radius 2 is 1.65 bits per heavy atom. The van der Waals surface area contributed by atoms with Gasteiger partial charge in [0.15, 0.2) is 0 Å². The van der Waals surface area contributed by atoms with Crippen molar-refractivity contribution in [3.8, 4) is 0 Å². The number of rotatable bonds is 4. The van der Waals surface area contributed by atoms with E-state index in [9.17, 15) is 14.4 Å². The molecule has 0 atom stereocenters. The monoisotopic (exact) mass is 319 g/mol. The number of urea groups is 1. The van der Waals surface area contributed by atoms with Gasteiger partial charge >= 0.3 is 12.0 Å². The Balaban J connectivity index is 1.81. The Kier molecular flexibility index (Phi) is 5.56. The standard InChI is InChI=1S/C16H21N3O4/c1-17-14(20)10-2-6-12(7-3-10)18-16(23)19-13-8-4-11(5-9-13)15(21)22/h2-3,6-7,11,13H,4-5,8-9H2,1H3,(H,17,20)(H,21,22)(H2,18,19,23). The lowest BCUT2D eigenvalue weighted by molar-refractivity contribution is -0.142. The molecule has 0 aromatic heterocycles. The van der Waals surface area contributed by atoms with E-state index < -0.39 is 5.97 Å². The number of nitrogens with one attached hydrogen (secondary N) is 3. The lowest BCUT2D eigenvalue weighted by Gasteiger charge is -2.26. The first-order chi connectivity index (χ1) is 11.0. The van der Waals surface area contributed by atoms with Crippen molar-refractivity contribution in [1.82, 2.24) is 10.6 Å². The topological polar surface area (TPSA) is 108 Å². The average molecular weight is 319 g/mol. The summed E-state index contributed by atoms with van der Waals surface area (Å²) in [4.78, 5) is 34.3. The summed E-state index contributed by atoms with van der Waals surface area (Å²) >= 11 is 0. The van der Waals surface area contributed by atoms with Crippen molar-refractivity contribution in [3.05, 3.63) is 29.8 Å². The molecule has 0 heterocycles. The van der Waals surface area contributed by atoms with Gasteiger partial charge in [-0.3, -0.25) is 9.59 Å². The van der Waals surface area contributed by atoms with E-state index in [4.69, 9.17) is 5.11 Å². The Bertz CT molecular complexity index is 577. The van der Waals surface area contributed by atoms with Crippen LogP contribution in [0.15, 0.2) is 24.3 Å². The molecule has 0 unspecified atom stereocenters. The number of benzene rings is 1. The minimum absolute atomic E-state index is 0.00394. The summed E-state index contributed by atoms with van der Waals surface area (Å²) in [6, 6.07) is 6.25. The molecule has 0 spiro atoms. The molecule has 1 aliphatic carbocycles. The van der Waals surface area contributed by atoms with Gasteiger partial charge in [0.2, 0.25) is 0 Å². The Morgan fingerprint density at radius 1 is 1.04 bits per heavy atom. The average Bonchev–Trinajstić information content (AvgIpc) is 2.55. The van der Waals surface area contributed by atoms with Gasteiger partial charge in [0.05, 0.1) is 5.92 Å². The second kappa shape index (κ2) is 7.62. The number of hydrogen-bond acceptors (Lipinski definition) is 3. The summed E-state index contributed by atoms with van der Waals surface area (Å²) in [6.07, 6.45) is 2.50. The second-order valence-electron chi connectivity index (χ2n) is 5.64. The maximum absolute atomic E-state index is 12.0. The summed E-state index contributed by atoms with van der Waals surface area (Å²) in [6.45, 7) is 0. The third-order valence-corrected chi connectivity index (χ3v) is 4.04. The van der Waals surface area contributed by atoms with Crippen molar-refractivity contribution in [3.63, 3.8) is 0 Å². The maximum Gasteiger partial charge on any atom is 0.319 e. The molecular formula is C16H21N3O4. The number of carboxylic acids is 1. The number of carbonyl (C=O) groups is 3. The molecule has 23 heavy (non-hydrogen) atoms. The van der Waals surface area contributed by atoms with E-state index in [-0.39, 0.29) is 23.9 Å². The Hall–Kier alpha value is -2.57. The molecule has 0 bridgehead atoms. The molecule has 2 rings (SSSR count). The lowest BCUT2D eigenvalue weighted by Crippen LogP contribution is -2.40. The van der Waals surface area contributed by atoms with Gasteiger partial charge in [-0.1, -0.05) is 0 Å². The molecule has 1 aromatic carbocycles. The van der Waals surface area contributed by atoms with E-state index in [1.807, 2.05) is 0 Å². The first kappa shape index (κ1) is 16.8. The summed E-state index contributed by atoms with van der Waals surface area (Å²) in [5, 5.41) is 17.0. The van der Waals surface area contributed by atoms with Crippen LogP contribution in [-0.4, -0.2) is 36.1 Å². The van der Waals surface area contributed by atoms with Crippen LogP contribution in [0.3, 0.4) is 0 Å². The van der Waals surface area contributed by atoms with Gasteiger partial charge in [0.1, 0.15) is 0 Å². The van der Waals surface area contributed by atoms with Crippen LogP contribution in [0.4, 0.5) is 10.5 Å². The molecule has 0 saturated heterocycles. The van der Waals surface area contributed by atoms with Crippen LogP contribution in [0.1, 0.15) is 36.0 Å². The lowest BCUT2D eigenvalue weighted by atomic mass is 9.86. The minimum atomic E-state index is -0.760. The predicted molar refractivity (Wildman–Crippen MR) is 85.4 cm³/mol. The van der Waals surface area contributed by atoms with E-state index in [0.29, 0.717) is 36.9 Å². The van der Waals surface area contributed by atoms with Crippen molar-refractivity contribution in [1.29, 1.82) is 0 Å². The van der Waals surface area contributed by atoms with Crippen LogP contribution >= 0.6 is 0 Å². The summed E-state index contributed by atoms with van der Waals surface area (Å²) < 4.78 is 0. The number of amides is 3. The highest BCUT2D eigenvalue weighted by molar-refractivity contribution is 5.95. The molecule has 4 N–H and O–H groups in total. The van der Waals surface area contributed by atoms with Crippen LogP contribution in [-0.2, 0) is 4.79 Å². The molecule has 124 valence electrons. The van der Waals surface area contributed by atoms with Gasteiger partial charge in [-0.15, -0.1) is 0 Å². The first-order valence-electron chi connectivity index (χ1n) is 7.62. The van der Waals surface area contributed by atoms with E-state index >= 15 is 0 Å². The fourth-order valence-corrected chi connectivity index (χ4v) is 2.69. The van der Waals surface area contributed by atoms with Gasteiger partial charge in [-0.05, 0) is 49.9 Å². The van der Waals surface area contributed by atoms with Gasteiger partial charge in [-0.2, -0.15) is 0 Å². The third kappa shape index (κ3) is 4.70. The molecular weight excluding hydrogens is 298 g/mol. The number of anilines is 1. The van der Waals surface area contributed by atoms with Crippen LogP contribution < -0.4 is 16.0 Å². The summed E-state index contributed by atoms with van der Waals surface area (Å²) in [7, 11) is 1.56. The van der Waals surface area contributed by atoms with Gasteiger partial charge in [0, 0.05) is 24.3 Å². The van der Waals surface area contributed by atoms with Crippen LogP contribution in [0.5, 0.6) is 0 Å². The Labute approximate surface area is 134 Å². The highest BCUT2D eigenvalue weighted by atomic mass is 16.4. The quantitative estimate of drug-likeness (QED) is 0.679. The number of carbonyl (C=O) groups excluding carboxylic acids is 2. The summed E-state index contributed by atoms with van der Waals surface area (Å²) in [5.74, 6) is -1.24. The smallest absolute Gasteiger partial charge is 0.319 e. The molecule has 1 saturated carbocycles. The number of aliphatic carboxylic acids is 1.